The minimum absolute atomic E-state index is 0.353. The summed E-state index contributed by atoms with van der Waals surface area (Å²) in [5, 5.41) is 1.03. The van der Waals surface area contributed by atoms with Gasteiger partial charge >= 0.3 is 0 Å². The molecule has 0 aliphatic heterocycles. The van der Waals surface area contributed by atoms with Crippen LogP contribution in [-0.2, 0) is 0 Å². The normalized spacial score (nSPS) is 11.1. The predicted molar refractivity (Wildman–Crippen MR) is 113 cm³/mol. The van der Waals surface area contributed by atoms with Crippen LogP contribution < -0.4 is 10.2 Å². The van der Waals surface area contributed by atoms with Gasteiger partial charge in [-0.05, 0) is 41.8 Å². The third kappa shape index (κ3) is 4.01. The summed E-state index contributed by atoms with van der Waals surface area (Å²) in [7, 11) is 0. The first-order valence-corrected chi connectivity index (χ1v) is 11.4. The van der Waals surface area contributed by atoms with Crippen molar-refractivity contribution in [2.75, 3.05) is 4.90 Å². The molecule has 128 valence electrons. The van der Waals surface area contributed by atoms with Crippen LogP contribution >= 0.6 is 29.1 Å². The van der Waals surface area contributed by atoms with Crippen molar-refractivity contribution in [2.24, 2.45) is 0 Å². The van der Waals surface area contributed by atoms with Crippen LogP contribution in [0.3, 0.4) is 0 Å². The van der Waals surface area contributed by atoms with E-state index in [0.717, 1.165) is 22.4 Å². The lowest BCUT2D eigenvalue weighted by atomic mass is 10.0. The van der Waals surface area contributed by atoms with Crippen LogP contribution in [0.25, 0.3) is 0 Å². The molecular formula is C21H20Cl2NP. The Bertz CT molecular complexity index is 780. The number of hydrogen-bond donors (Lipinski definition) is 0. The molecule has 3 rings (SSSR count). The van der Waals surface area contributed by atoms with E-state index >= 15 is 0 Å². The highest BCUT2D eigenvalue weighted by Gasteiger charge is 2.23. The molecule has 4 heteroatoms. The molecule has 0 fully saturated rings. The largest absolute Gasteiger partial charge is 0.310 e. The molecule has 0 heterocycles. The number of para-hydroxylation sites is 2. The molecule has 0 spiro atoms. The summed E-state index contributed by atoms with van der Waals surface area (Å²) in [5.41, 5.74) is 4.41. The number of rotatable bonds is 5. The monoisotopic (exact) mass is 387 g/mol. The van der Waals surface area contributed by atoms with E-state index in [4.69, 9.17) is 22.5 Å². The van der Waals surface area contributed by atoms with Gasteiger partial charge in [0.2, 0.25) is 0 Å². The zero-order valence-electron chi connectivity index (χ0n) is 14.2. The van der Waals surface area contributed by atoms with E-state index in [2.05, 4.69) is 61.2 Å². The lowest BCUT2D eigenvalue weighted by Crippen LogP contribution is -2.20. The Morgan fingerprint density at radius 2 is 1.24 bits per heavy atom. The molecular weight excluding hydrogens is 368 g/mol. The second kappa shape index (κ2) is 8.23. The summed E-state index contributed by atoms with van der Waals surface area (Å²) >= 11 is 13.0. The molecule has 0 radical (unpaired) electrons. The highest BCUT2D eigenvalue weighted by atomic mass is 35.9. The molecule has 0 unspecified atom stereocenters. The molecule has 25 heavy (non-hydrogen) atoms. The fourth-order valence-electron chi connectivity index (χ4n) is 2.96. The zero-order valence-corrected chi connectivity index (χ0v) is 16.6. The molecule has 3 aromatic rings. The van der Waals surface area contributed by atoms with Crippen LogP contribution in [-0.4, -0.2) is 0 Å². The summed E-state index contributed by atoms with van der Waals surface area (Å²) < 4.78 is 0. The molecule has 0 saturated carbocycles. The third-order valence-corrected chi connectivity index (χ3v) is 5.95. The summed E-state index contributed by atoms with van der Waals surface area (Å²) in [6.07, 6.45) is 0. The Morgan fingerprint density at radius 1 is 0.720 bits per heavy atom. The maximum Gasteiger partial charge on any atom is 0.119 e. The molecule has 0 saturated heterocycles. The first-order valence-electron chi connectivity index (χ1n) is 8.24. The lowest BCUT2D eigenvalue weighted by molar-refractivity contribution is 0.873. The van der Waals surface area contributed by atoms with E-state index in [1.165, 1.54) is 5.56 Å². The minimum Gasteiger partial charge on any atom is -0.310 e. The van der Waals surface area contributed by atoms with Crippen molar-refractivity contribution in [3.05, 3.63) is 84.4 Å². The molecule has 0 bridgehead atoms. The van der Waals surface area contributed by atoms with Gasteiger partial charge in [-0.25, -0.2) is 0 Å². The number of nitrogens with zero attached hydrogens (tertiary/aromatic N) is 1. The highest BCUT2D eigenvalue weighted by molar-refractivity contribution is 8.09. The quantitative estimate of drug-likeness (QED) is 0.405. The molecule has 0 aliphatic rings. The Balaban J connectivity index is 2.26. The molecule has 0 aromatic heterocycles. The fourth-order valence-corrected chi connectivity index (χ4v) is 4.94. The summed E-state index contributed by atoms with van der Waals surface area (Å²) in [4.78, 5) is 2.22. The SMILES string of the molecule is CC(C)c1cccc(N(c2ccccc2)c2ccccc2)c1P(Cl)Cl. The summed E-state index contributed by atoms with van der Waals surface area (Å²) in [6.45, 7) is 3.06. The fraction of sp³-hybridized carbons (Fsp3) is 0.143. The summed E-state index contributed by atoms with van der Waals surface area (Å²) in [5.74, 6) is 0.353. The van der Waals surface area contributed by atoms with Crippen LogP contribution in [0.2, 0.25) is 0 Å². The smallest absolute Gasteiger partial charge is 0.119 e. The van der Waals surface area contributed by atoms with Gasteiger partial charge in [0.1, 0.15) is 6.63 Å². The van der Waals surface area contributed by atoms with Crippen LogP contribution in [0.5, 0.6) is 0 Å². The average molecular weight is 388 g/mol. The van der Waals surface area contributed by atoms with Gasteiger partial charge in [0, 0.05) is 16.7 Å². The number of anilines is 3. The molecule has 1 nitrogen and oxygen atoms in total. The second-order valence-electron chi connectivity index (χ2n) is 6.11. The van der Waals surface area contributed by atoms with Gasteiger partial charge < -0.3 is 4.90 Å². The Kier molecular flexibility index (Phi) is 6.02. The van der Waals surface area contributed by atoms with Gasteiger partial charge in [0.05, 0.1) is 5.69 Å². The van der Waals surface area contributed by atoms with Crippen molar-refractivity contribution < 1.29 is 0 Å². The van der Waals surface area contributed by atoms with E-state index in [1.54, 1.807) is 0 Å². The minimum atomic E-state index is -1.28. The van der Waals surface area contributed by atoms with Crippen molar-refractivity contribution in [3.63, 3.8) is 0 Å². The van der Waals surface area contributed by atoms with Crippen molar-refractivity contribution in [2.45, 2.75) is 19.8 Å². The lowest BCUT2D eigenvalue weighted by Gasteiger charge is -2.29. The third-order valence-electron chi connectivity index (χ3n) is 4.11. The van der Waals surface area contributed by atoms with E-state index in [-0.39, 0.29) is 0 Å². The average Bonchev–Trinajstić information content (AvgIpc) is 2.63. The first kappa shape index (κ1) is 18.3. The van der Waals surface area contributed by atoms with E-state index in [9.17, 15) is 0 Å². The van der Waals surface area contributed by atoms with Gasteiger partial charge in [0.15, 0.2) is 0 Å². The molecule has 0 amide bonds. The van der Waals surface area contributed by atoms with Crippen LogP contribution in [0, 0.1) is 0 Å². The Morgan fingerprint density at radius 3 is 1.68 bits per heavy atom. The topological polar surface area (TPSA) is 3.24 Å². The van der Waals surface area contributed by atoms with Gasteiger partial charge in [0.25, 0.3) is 0 Å². The van der Waals surface area contributed by atoms with Crippen molar-refractivity contribution in [1.29, 1.82) is 0 Å². The second-order valence-corrected chi connectivity index (χ2v) is 9.57. The van der Waals surface area contributed by atoms with E-state index in [1.807, 2.05) is 36.4 Å². The molecule has 0 aliphatic carbocycles. The van der Waals surface area contributed by atoms with E-state index < -0.39 is 6.63 Å². The van der Waals surface area contributed by atoms with Gasteiger partial charge in [-0.15, -0.1) is 0 Å². The van der Waals surface area contributed by atoms with Crippen LogP contribution in [0.15, 0.2) is 78.9 Å². The van der Waals surface area contributed by atoms with Crippen LogP contribution in [0.1, 0.15) is 25.3 Å². The van der Waals surface area contributed by atoms with Crippen molar-refractivity contribution in [1.82, 2.24) is 0 Å². The van der Waals surface area contributed by atoms with Gasteiger partial charge in [-0.3, -0.25) is 0 Å². The van der Waals surface area contributed by atoms with Gasteiger partial charge in [-0.2, -0.15) is 0 Å². The van der Waals surface area contributed by atoms with E-state index in [0.29, 0.717) is 5.92 Å². The van der Waals surface area contributed by atoms with Crippen molar-refractivity contribution in [3.8, 4) is 0 Å². The Hall–Kier alpha value is -1.53. The Labute approximate surface area is 160 Å². The number of benzene rings is 3. The highest BCUT2D eigenvalue weighted by Crippen LogP contribution is 2.51. The molecule has 3 aromatic carbocycles. The predicted octanol–water partition coefficient (Wildman–Crippen LogP) is 7.69. The molecule has 0 N–H and O–H groups in total. The maximum absolute atomic E-state index is 6.48. The first-order chi connectivity index (χ1) is 12.1. The van der Waals surface area contributed by atoms with Crippen molar-refractivity contribution >= 4 is 51.5 Å². The number of halogens is 2. The molecule has 0 atom stereocenters. The maximum atomic E-state index is 6.48. The summed E-state index contributed by atoms with van der Waals surface area (Å²) in [6, 6.07) is 26.9. The van der Waals surface area contributed by atoms with Gasteiger partial charge in [-0.1, -0.05) is 84.9 Å². The number of hydrogen-bond acceptors (Lipinski definition) is 1. The standard InChI is InChI=1S/C21H20Cl2NP/c1-16(2)19-14-9-15-20(21(19)25(22)23)24(17-10-5-3-6-11-17)18-12-7-4-8-13-18/h3-16H,1-2H3. The van der Waals surface area contributed by atoms with Crippen LogP contribution in [0.4, 0.5) is 17.1 Å². The zero-order chi connectivity index (χ0) is 17.8.